The van der Waals surface area contributed by atoms with Gasteiger partial charge in [0.05, 0.1) is 4.90 Å². The van der Waals surface area contributed by atoms with Crippen LogP contribution in [-0.2, 0) is 14.8 Å². The Labute approximate surface area is 160 Å². The zero-order valence-corrected chi connectivity index (χ0v) is 16.2. The molecule has 0 radical (unpaired) electrons. The average Bonchev–Trinajstić information content (AvgIpc) is 2.69. The number of benzene rings is 2. The molecule has 0 spiro atoms. The standard InChI is InChI=1S/C20H24N2O4S/c1-16-7-3-4-8-19(16)21-20(23)15-26-17-9-11-18(12-10-17)27(24,25)22-13-5-2-6-14-22/h3-4,7-12H,2,5-6,13-15H2,1H3,(H,21,23). The SMILES string of the molecule is Cc1ccccc1NC(=O)COc1ccc(S(=O)(=O)N2CCCCC2)cc1. The van der Waals surface area contributed by atoms with E-state index in [2.05, 4.69) is 5.32 Å². The van der Waals surface area contributed by atoms with E-state index < -0.39 is 10.0 Å². The van der Waals surface area contributed by atoms with Crippen LogP contribution in [0.2, 0.25) is 0 Å². The first-order chi connectivity index (χ1) is 13.0. The van der Waals surface area contributed by atoms with Gasteiger partial charge in [-0.2, -0.15) is 4.31 Å². The second kappa shape index (κ2) is 8.54. The summed E-state index contributed by atoms with van der Waals surface area (Å²) in [6.45, 7) is 2.91. The lowest BCUT2D eigenvalue weighted by Crippen LogP contribution is -2.35. The van der Waals surface area contributed by atoms with Crippen LogP contribution in [0, 0.1) is 6.92 Å². The molecule has 0 bridgehead atoms. The summed E-state index contributed by atoms with van der Waals surface area (Å²) in [5.41, 5.74) is 1.71. The van der Waals surface area contributed by atoms with Gasteiger partial charge in [0.15, 0.2) is 6.61 Å². The number of nitrogens with one attached hydrogen (secondary N) is 1. The number of hydrogen-bond donors (Lipinski definition) is 1. The van der Waals surface area contributed by atoms with Crippen molar-refractivity contribution in [1.82, 2.24) is 4.31 Å². The molecule has 1 N–H and O–H groups in total. The van der Waals surface area contributed by atoms with Crippen LogP contribution < -0.4 is 10.1 Å². The number of piperidine rings is 1. The predicted octanol–water partition coefficient (Wildman–Crippen LogP) is 3.19. The Kier molecular flexibility index (Phi) is 6.13. The van der Waals surface area contributed by atoms with E-state index in [1.54, 1.807) is 12.1 Å². The summed E-state index contributed by atoms with van der Waals surface area (Å²) in [4.78, 5) is 12.3. The molecule has 0 aromatic heterocycles. The Morgan fingerprint density at radius 2 is 1.70 bits per heavy atom. The third kappa shape index (κ3) is 4.87. The van der Waals surface area contributed by atoms with Crippen molar-refractivity contribution in [2.24, 2.45) is 0 Å². The van der Waals surface area contributed by atoms with E-state index in [4.69, 9.17) is 4.74 Å². The number of amides is 1. The van der Waals surface area contributed by atoms with Gasteiger partial charge in [0.1, 0.15) is 5.75 Å². The highest BCUT2D eigenvalue weighted by Gasteiger charge is 2.25. The summed E-state index contributed by atoms with van der Waals surface area (Å²) >= 11 is 0. The normalized spacial score (nSPS) is 15.3. The smallest absolute Gasteiger partial charge is 0.262 e. The molecule has 0 atom stereocenters. The molecule has 1 fully saturated rings. The molecule has 2 aromatic carbocycles. The minimum absolute atomic E-state index is 0.146. The number of carbonyl (C=O) groups is 1. The first-order valence-electron chi connectivity index (χ1n) is 9.05. The van der Waals surface area contributed by atoms with Gasteiger partial charge in [-0.1, -0.05) is 24.6 Å². The van der Waals surface area contributed by atoms with Crippen LogP contribution in [0.25, 0.3) is 0 Å². The zero-order chi connectivity index (χ0) is 19.3. The summed E-state index contributed by atoms with van der Waals surface area (Å²) in [5.74, 6) is 0.182. The predicted molar refractivity (Wildman–Crippen MR) is 104 cm³/mol. The van der Waals surface area contributed by atoms with Crippen LogP contribution in [0.1, 0.15) is 24.8 Å². The number of anilines is 1. The van der Waals surface area contributed by atoms with Gasteiger partial charge in [-0.05, 0) is 55.7 Å². The third-order valence-corrected chi connectivity index (χ3v) is 6.48. The number of rotatable bonds is 6. The van der Waals surface area contributed by atoms with Crippen molar-refractivity contribution in [3.63, 3.8) is 0 Å². The Morgan fingerprint density at radius 3 is 2.37 bits per heavy atom. The molecule has 27 heavy (non-hydrogen) atoms. The van der Waals surface area contributed by atoms with Gasteiger partial charge in [-0.15, -0.1) is 0 Å². The molecule has 0 unspecified atom stereocenters. The van der Waals surface area contributed by atoms with Gasteiger partial charge in [0.25, 0.3) is 5.91 Å². The van der Waals surface area contributed by atoms with Crippen LogP contribution in [0.4, 0.5) is 5.69 Å². The van der Waals surface area contributed by atoms with Crippen molar-refractivity contribution >= 4 is 21.6 Å². The van der Waals surface area contributed by atoms with Crippen molar-refractivity contribution in [3.8, 4) is 5.75 Å². The van der Waals surface area contributed by atoms with Gasteiger partial charge in [0.2, 0.25) is 10.0 Å². The lowest BCUT2D eigenvalue weighted by atomic mass is 10.2. The van der Waals surface area contributed by atoms with Crippen LogP contribution in [0.5, 0.6) is 5.75 Å². The Balaban J connectivity index is 1.57. The van der Waals surface area contributed by atoms with E-state index in [9.17, 15) is 13.2 Å². The molecule has 0 aliphatic carbocycles. The molecule has 1 saturated heterocycles. The van der Waals surface area contributed by atoms with Crippen molar-refractivity contribution in [3.05, 3.63) is 54.1 Å². The van der Waals surface area contributed by atoms with Crippen LogP contribution in [0.15, 0.2) is 53.4 Å². The highest BCUT2D eigenvalue weighted by Crippen LogP contribution is 2.22. The second-order valence-electron chi connectivity index (χ2n) is 6.59. The van der Waals surface area contributed by atoms with Crippen molar-refractivity contribution in [1.29, 1.82) is 0 Å². The number of nitrogens with zero attached hydrogens (tertiary/aromatic N) is 1. The maximum atomic E-state index is 12.6. The van der Waals surface area contributed by atoms with E-state index >= 15 is 0 Å². The summed E-state index contributed by atoms with van der Waals surface area (Å²) in [5, 5.41) is 2.79. The van der Waals surface area contributed by atoms with Gasteiger partial charge in [-0.3, -0.25) is 4.79 Å². The second-order valence-corrected chi connectivity index (χ2v) is 8.53. The zero-order valence-electron chi connectivity index (χ0n) is 15.3. The summed E-state index contributed by atoms with van der Waals surface area (Å²) < 4.78 is 32.2. The number of carbonyl (C=O) groups excluding carboxylic acids is 1. The monoisotopic (exact) mass is 388 g/mol. The third-order valence-electron chi connectivity index (χ3n) is 4.57. The molecule has 1 aliphatic rings. The molecule has 0 saturated carbocycles. The Bertz CT molecular complexity index is 888. The quantitative estimate of drug-likeness (QED) is 0.825. The molecule has 1 heterocycles. The van der Waals surface area contributed by atoms with Crippen molar-refractivity contribution < 1.29 is 17.9 Å². The number of ether oxygens (including phenoxy) is 1. The fourth-order valence-corrected chi connectivity index (χ4v) is 4.53. The number of para-hydroxylation sites is 1. The number of hydrogen-bond acceptors (Lipinski definition) is 4. The maximum Gasteiger partial charge on any atom is 0.262 e. The average molecular weight is 388 g/mol. The summed E-state index contributed by atoms with van der Waals surface area (Å²) in [6.07, 6.45) is 2.87. The van der Waals surface area contributed by atoms with E-state index in [0.717, 1.165) is 30.5 Å². The molecule has 7 heteroatoms. The fourth-order valence-electron chi connectivity index (χ4n) is 3.01. The minimum atomic E-state index is -3.46. The highest BCUT2D eigenvalue weighted by molar-refractivity contribution is 7.89. The largest absolute Gasteiger partial charge is 0.484 e. The van der Waals surface area contributed by atoms with Crippen molar-refractivity contribution in [2.45, 2.75) is 31.1 Å². The molecule has 6 nitrogen and oxygen atoms in total. The molecule has 3 rings (SSSR count). The van der Waals surface area contributed by atoms with E-state index in [1.807, 2.05) is 31.2 Å². The van der Waals surface area contributed by atoms with Crippen molar-refractivity contribution in [2.75, 3.05) is 25.0 Å². The Morgan fingerprint density at radius 1 is 1.04 bits per heavy atom. The Hall–Kier alpha value is -2.38. The summed E-state index contributed by atoms with van der Waals surface area (Å²) in [7, 11) is -3.46. The molecule has 1 aliphatic heterocycles. The molecular weight excluding hydrogens is 364 g/mol. The van der Waals surface area contributed by atoms with Gasteiger partial charge < -0.3 is 10.1 Å². The van der Waals surface area contributed by atoms with E-state index in [-0.39, 0.29) is 17.4 Å². The fraction of sp³-hybridized carbons (Fsp3) is 0.350. The molecular formula is C20H24N2O4S. The molecule has 1 amide bonds. The lowest BCUT2D eigenvalue weighted by Gasteiger charge is -2.25. The highest BCUT2D eigenvalue weighted by atomic mass is 32.2. The lowest BCUT2D eigenvalue weighted by molar-refractivity contribution is -0.118. The number of aryl methyl sites for hydroxylation is 1. The topological polar surface area (TPSA) is 75.7 Å². The van der Waals surface area contributed by atoms with Gasteiger partial charge in [-0.25, -0.2) is 8.42 Å². The number of sulfonamides is 1. The van der Waals surface area contributed by atoms with Crippen LogP contribution in [-0.4, -0.2) is 38.3 Å². The molecule has 144 valence electrons. The van der Waals surface area contributed by atoms with E-state index in [1.165, 1.54) is 16.4 Å². The van der Waals surface area contributed by atoms with E-state index in [0.29, 0.717) is 18.8 Å². The first kappa shape index (κ1) is 19.4. The van der Waals surface area contributed by atoms with Crippen LogP contribution >= 0.6 is 0 Å². The van der Waals surface area contributed by atoms with Gasteiger partial charge in [0, 0.05) is 18.8 Å². The minimum Gasteiger partial charge on any atom is -0.484 e. The van der Waals surface area contributed by atoms with Crippen LogP contribution in [0.3, 0.4) is 0 Å². The van der Waals surface area contributed by atoms with Gasteiger partial charge >= 0.3 is 0 Å². The first-order valence-corrected chi connectivity index (χ1v) is 10.5. The summed E-state index contributed by atoms with van der Waals surface area (Å²) in [6, 6.07) is 13.7. The maximum absolute atomic E-state index is 12.6. The molecule has 2 aromatic rings.